The Hall–Kier alpha value is -0.720. The van der Waals surface area contributed by atoms with Crippen molar-refractivity contribution in [3.05, 3.63) is 5.82 Å². The van der Waals surface area contributed by atoms with Gasteiger partial charge in [0.25, 0.3) is 0 Å². The molecule has 1 aliphatic carbocycles. The van der Waals surface area contributed by atoms with Crippen LogP contribution in [0.1, 0.15) is 33.0 Å². The van der Waals surface area contributed by atoms with Gasteiger partial charge >= 0.3 is 0 Å². The maximum atomic E-state index is 5.69. The van der Waals surface area contributed by atoms with Gasteiger partial charge in [0.2, 0.25) is 5.13 Å². The van der Waals surface area contributed by atoms with Gasteiger partial charge in [-0.1, -0.05) is 13.8 Å². The van der Waals surface area contributed by atoms with E-state index in [1.54, 1.807) is 14.2 Å². The Labute approximate surface area is 125 Å². The minimum atomic E-state index is -0.0600. The van der Waals surface area contributed by atoms with Crippen LogP contribution in [0.5, 0.6) is 0 Å². The predicted molar refractivity (Wildman–Crippen MR) is 81.5 cm³/mol. The second-order valence-electron chi connectivity index (χ2n) is 6.22. The maximum Gasteiger partial charge on any atom is 0.205 e. The molecule has 5 nitrogen and oxygen atoms in total. The highest BCUT2D eigenvalue weighted by Crippen LogP contribution is 2.54. The molecule has 0 aliphatic heterocycles. The average molecular weight is 299 g/mol. The number of hydrogen-bond donors (Lipinski definition) is 0. The molecule has 1 saturated carbocycles. The van der Waals surface area contributed by atoms with Gasteiger partial charge in [-0.25, -0.2) is 4.98 Å². The summed E-state index contributed by atoms with van der Waals surface area (Å²) in [5, 5.41) is 0.979. The molecule has 1 heterocycles. The molecule has 1 fully saturated rings. The van der Waals surface area contributed by atoms with Crippen molar-refractivity contribution in [1.82, 2.24) is 9.36 Å². The molecule has 0 saturated heterocycles. The molecule has 2 atom stereocenters. The first kappa shape index (κ1) is 15.7. The van der Waals surface area contributed by atoms with Crippen molar-refractivity contribution < 1.29 is 9.47 Å². The quantitative estimate of drug-likeness (QED) is 0.807. The van der Waals surface area contributed by atoms with E-state index in [-0.39, 0.29) is 11.0 Å². The second kappa shape index (κ2) is 5.58. The van der Waals surface area contributed by atoms with Gasteiger partial charge in [-0.15, -0.1) is 0 Å². The molecule has 2 unspecified atom stereocenters. The van der Waals surface area contributed by atoms with Gasteiger partial charge in [0.1, 0.15) is 5.82 Å². The summed E-state index contributed by atoms with van der Waals surface area (Å²) in [5.41, 5.74) is 0.0321. The molecule has 0 aromatic carbocycles. The van der Waals surface area contributed by atoms with E-state index >= 15 is 0 Å². The molecule has 20 heavy (non-hydrogen) atoms. The van der Waals surface area contributed by atoms with E-state index in [1.165, 1.54) is 11.5 Å². The predicted octanol–water partition coefficient (Wildman–Crippen LogP) is 2.37. The molecular weight excluding hydrogens is 274 g/mol. The van der Waals surface area contributed by atoms with Crippen LogP contribution in [0.2, 0.25) is 0 Å². The summed E-state index contributed by atoms with van der Waals surface area (Å²) in [6.45, 7) is 7.36. The normalized spacial score (nSPS) is 28.2. The number of aromatic nitrogens is 2. The van der Waals surface area contributed by atoms with Crippen LogP contribution in [0.25, 0.3) is 0 Å². The lowest BCUT2D eigenvalue weighted by atomic mass is 9.55. The first-order valence-corrected chi connectivity index (χ1v) is 7.72. The van der Waals surface area contributed by atoms with Crippen LogP contribution >= 0.6 is 11.5 Å². The van der Waals surface area contributed by atoms with Gasteiger partial charge in [0.05, 0.1) is 12.2 Å². The number of nitrogens with zero attached hydrogens (tertiary/aromatic N) is 3. The van der Waals surface area contributed by atoms with Gasteiger partial charge in [0, 0.05) is 50.7 Å². The SMILES string of the molecule is COCCc1nsc(N(C)C2CC(C)(OC)C2(C)C)n1. The molecule has 0 spiro atoms. The van der Waals surface area contributed by atoms with Crippen LogP contribution in [0.4, 0.5) is 5.13 Å². The lowest BCUT2D eigenvalue weighted by Gasteiger charge is -2.61. The van der Waals surface area contributed by atoms with Crippen molar-refractivity contribution in [3.63, 3.8) is 0 Å². The molecule has 0 N–H and O–H groups in total. The lowest BCUT2D eigenvalue weighted by Crippen LogP contribution is -2.68. The van der Waals surface area contributed by atoms with Crippen molar-refractivity contribution in [2.24, 2.45) is 5.41 Å². The summed E-state index contributed by atoms with van der Waals surface area (Å²) in [4.78, 5) is 6.85. The number of ether oxygens (including phenoxy) is 2. The van der Waals surface area contributed by atoms with E-state index in [0.717, 1.165) is 23.8 Å². The van der Waals surface area contributed by atoms with Gasteiger partial charge in [-0.3, -0.25) is 0 Å². The highest BCUT2D eigenvalue weighted by atomic mass is 32.1. The van der Waals surface area contributed by atoms with E-state index in [9.17, 15) is 0 Å². The molecule has 114 valence electrons. The average Bonchev–Trinajstić information content (AvgIpc) is 2.90. The first-order valence-electron chi connectivity index (χ1n) is 6.95. The molecule has 1 aliphatic rings. The molecule has 6 heteroatoms. The Kier molecular flexibility index (Phi) is 4.37. The fourth-order valence-corrected chi connectivity index (χ4v) is 3.61. The summed E-state index contributed by atoms with van der Waals surface area (Å²) in [7, 11) is 5.59. The summed E-state index contributed by atoms with van der Waals surface area (Å²) in [5.74, 6) is 0.866. The summed E-state index contributed by atoms with van der Waals surface area (Å²) < 4.78 is 15.1. The van der Waals surface area contributed by atoms with Crippen molar-refractivity contribution >= 4 is 16.7 Å². The Morgan fingerprint density at radius 1 is 1.35 bits per heavy atom. The molecule has 0 amide bonds. The zero-order valence-electron chi connectivity index (χ0n) is 13.3. The highest BCUT2D eigenvalue weighted by Gasteiger charge is 2.59. The smallest absolute Gasteiger partial charge is 0.205 e. The van der Waals surface area contributed by atoms with E-state index in [2.05, 4.69) is 42.1 Å². The Morgan fingerprint density at radius 2 is 2.05 bits per heavy atom. The van der Waals surface area contributed by atoms with E-state index < -0.39 is 0 Å². The van der Waals surface area contributed by atoms with Crippen LogP contribution in [-0.2, 0) is 15.9 Å². The third-order valence-corrected chi connectivity index (χ3v) is 5.83. The van der Waals surface area contributed by atoms with Crippen LogP contribution < -0.4 is 4.90 Å². The lowest BCUT2D eigenvalue weighted by molar-refractivity contribution is -0.172. The van der Waals surface area contributed by atoms with Crippen LogP contribution in [0.15, 0.2) is 0 Å². The van der Waals surface area contributed by atoms with Crippen molar-refractivity contribution in [3.8, 4) is 0 Å². The largest absolute Gasteiger partial charge is 0.384 e. The molecular formula is C14H25N3O2S. The standard InChI is InChI=1S/C14H25N3O2S/c1-13(2)10(9-14(13,3)19-6)17(4)12-15-11(16-20-12)7-8-18-5/h10H,7-9H2,1-6H3. The monoisotopic (exact) mass is 299 g/mol. The summed E-state index contributed by atoms with van der Waals surface area (Å²) in [6, 6.07) is 0.427. The van der Waals surface area contributed by atoms with E-state index in [0.29, 0.717) is 12.6 Å². The number of hydrogen-bond acceptors (Lipinski definition) is 6. The van der Waals surface area contributed by atoms with E-state index in [1.807, 2.05) is 0 Å². The topological polar surface area (TPSA) is 47.5 Å². The number of anilines is 1. The molecule has 0 radical (unpaired) electrons. The Morgan fingerprint density at radius 3 is 2.60 bits per heavy atom. The van der Waals surface area contributed by atoms with Gasteiger partial charge in [0.15, 0.2) is 0 Å². The highest BCUT2D eigenvalue weighted by molar-refractivity contribution is 7.09. The Balaban J connectivity index is 2.05. The molecule has 0 bridgehead atoms. The molecule has 2 rings (SSSR count). The fraction of sp³-hybridized carbons (Fsp3) is 0.857. The van der Waals surface area contributed by atoms with Crippen LogP contribution in [-0.4, -0.2) is 48.9 Å². The second-order valence-corrected chi connectivity index (χ2v) is 6.95. The van der Waals surface area contributed by atoms with Gasteiger partial charge in [-0.05, 0) is 13.3 Å². The third kappa shape index (κ3) is 2.44. The summed E-state index contributed by atoms with van der Waals surface area (Å²) in [6.07, 6.45) is 1.78. The van der Waals surface area contributed by atoms with Crippen molar-refractivity contribution in [2.45, 2.75) is 45.3 Å². The number of methoxy groups -OCH3 is 2. The van der Waals surface area contributed by atoms with Crippen LogP contribution in [0, 0.1) is 5.41 Å². The van der Waals surface area contributed by atoms with Crippen molar-refractivity contribution in [1.29, 1.82) is 0 Å². The maximum absolute atomic E-state index is 5.69. The third-order valence-electron chi connectivity index (χ3n) is 4.99. The minimum absolute atomic E-state index is 0.0600. The van der Waals surface area contributed by atoms with Crippen LogP contribution in [0.3, 0.4) is 0 Å². The van der Waals surface area contributed by atoms with Gasteiger partial charge in [-0.2, -0.15) is 4.37 Å². The summed E-state index contributed by atoms with van der Waals surface area (Å²) >= 11 is 1.46. The van der Waals surface area contributed by atoms with Gasteiger partial charge < -0.3 is 14.4 Å². The first-order chi connectivity index (χ1) is 9.35. The van der Waals surface area contributed by atoms with Crippen molar-refractivity contribution in [2.75, 3.05) is 32.8 Å². The molecule has 1 aromatic heterocycles. The zero-order chi connectivity index (χ0) is 15.0. The Bertz CT molecular complexity index is 463. The fourth-order valence-electron chi connectivity index (χ4n) is 2.89. The van der Waals surface area contributed by atoms with E-state index in [4.69, 9.17) is 9.47 Å². The minimum Gasteiger partial charge on any atom is -0.384 e. The molecule has 1 aromatic rings. The zero-order valence-corrected chi connectivity index (χ0v) is 14.1. The number of rotatable bonds is 6.